The van der Waals surface area contributed by atoms with Gasteiger partial charge in [0.25, 0.3) is 0 Å². The van der Waals surface area contributed by atoms with Crippen LogP contribution < -0.4 is 5.32 Å². The minimum Gasteiger partial charge on any atom is -0.358 e. The lowest BCUT2D eigenvalue weighted by molar-refractivity contribution is -0.389. The zero-order valence-corrected chi connectivity index (χ0v) is 14.3. The predicted molar refractivity (Wildman–Crippen MR) is 88.8 cm³/mol. The number of rotatable bonds is 7. The molecule has 1 amide bonds. The molecule has 2 heterocycles. The lowest BCUT2D eigenvalue weighted by Gasteiger charge is -2.28. The maximum atomic E-state index is 12.5. The van der Waals surface area contributed by atoms with E-state index < -0.39 is 4.92 Å². The van der Waals surface area contributed by atoms with Crippen molar-refractivity contribution in [1.29, 1.82) is 0 Å². The molecule has 1 fully saturated rings. The number of aryl methyl sites for hydroxylation is 2. The molecule has 0 saturated carbocycles. The first-order chi connectivity index (χ1) is 10.5. The van der Waals surface area contributed by atoms with Crippen molar-refractivity contribution in [2.24, 2.45) is 0 Å². The van der Waals surface area contributed by atoms with Gasteiger partial charge in [0, 0.05) is 39.0 Å². The van der Waals surface area contributed by atoms with Crippen LogP contribution in [-0.2, 0) is 11.3 Å². The van der Waals surface area contributed by atoms with Gasteiger partial charge in [0.15, 0.2) is 0 Å². The van der Waals surface area contributed by atoms with Gasteiger partial charge in [-0.2, -0.15) is 0 Å². The SMILES string of the molecule is CCCN(C(=O)CCn1cc([N+](=O)[O-])nc1C)C1CCNC1.Cl. The van der Waals surface area contributed by atoms with Crippen molar-refractivity contribution in [2.45, 2.75) is 45.7 Å². The fourth-order valence-corrected chi connectivity index (χ4v) is 2.82. The van der Waals surface area contributed by atoms with Crippen LogP contribution in [0.5, 0.6) is 0 Å². The minimum absolute atomic E-state index is 0. The average molecular weight is 346 g/mol. The van der Waals surface area contributed by atoms with Crippen molar-refractivity contribution >= 4 is 24.1 Å². The summed E-state index contributed by atoms with van der Waals surface area (Å²) in [6, 6.07) is 0.269. The van der Waals surface area contributed by atoms with Crippen LogP contribution >= 0.6 is 12.4 Å². The van der Waals surface area contributed by atoms with Crippen LogP contribution in [0.1, 0.15) is 32.0 Å². The highest BCUT2D eigenvalue weighted by Gasteiger charge is 2.26. The summed E-state index contributed by atoms with van der Waals surface area (Å²) in [6.45, 7) is 6.75. The minimum atomic E-state index is -0.515. The molecule has 1 unspecified atom stereocenters. The van der Waals surface area contributed by atoms with Crippen molar-refractivity contribution in [3.8, 4) is 0 Å². The van der Waals surface area contributed by atoms with Gasteiger partial charge in [-0.1, -0.05) is 6.92 Å². The quantitative estimate of drug-likeness (QED) is 0.597. The summed E-state index contributed by atoms with van der Waals surface area (Å²) in [5, 5.41) is 14.0. The van der Waals surface area contributed by atoms with Gasteiger partial charge < -0.3 is 24.9 Å². The summed E-state index contributed by atoms with van der Waals surface area (Å²) in [7, 11) is 0. The molecule has 1 aromatic rings. The van der Waals surface area contributed by atoms with Crippen LogP contribution in [0.3, 0.4) is 0 Å². The number of imidazole rings is 1. The zero-order valence-electron chi connectivity index (χ0n) is 13.5. The highest BCUT2D eigenvalue weighted by molar-refractivity contribution is 5.85. The smallest absolute Gasteiger partial charge is 0.358 e. The fourth-order valence-electron chi connectivity index (χ4n) is 2.82. The number of hydrogen-bond donors (Lipinski definition) is 1. The second-order valence-electron chi connectivity index (χ2n) is 5.58. The highest BCUT2D eigenvalue weighted by atomic mass is 35.5. The number of hydrogen-bond acceptors (Lipinski definition) is 5. The molecular formula is C14H24ClN5O3. The van der Waals surface area contributed by atoms with E-state index >= 15 is 0 Å². The van der Waals surface area contributed by atoms with Gasteiger partial charge in [-0.3, -0.25) is 4.79 Å². The first-order valence-corrected chi connectivity index (χ1v) is 7.71. The third-order valence-electron chi connectivity index (χ3n) is 3.98. The average Bonchev–Trinajstić information content (AvgIpc) is 3.12. The van der Waals surface area contributed by atoms with Crippen LogP contribution in [0, 0.1) is 17.0 Å². The second kappa shape index (κ2) is 8.83. The molecule has 1 saturated heterocycles. The molecule has 2 rings (SSSR count). The summed E-state index contributed by atoms with van der Waals surface area (Å²) in [4.78, 5) is 28.5. The Hall–Kier alpha value is -1.67. The van der Waals surface area contributed by atoms with E-state index in [0.717, 1.165) is 32.5 Å². The number of nitrogens with one attached hydrogen (secondary N) is 1. The number of carbonyl (C=O) groups excluding carboxylic acids is 1. The van der Waals surface area contributed by atoms with E-state index in [4.69, 9.17) is 0 Å². The lowest BCUT2D eigenvalue weighted by atomic mass is 10.2. The van der Waals surface area contributed by atoms with Gasteiger partial charge >= 0.3 is 5.82 Å². The first-order valence-electron chi connectivity index (χ1n) is 7.71. The lowest BCUT2D eigenvalue weighted by Crippen LogP contribution is -2.42. The normalized spacial score (nSPS) is 16.9. The van der Waals surface area contributed by atoms with E-state index in [1.165, 1.54) is 6.20 Å². The first kappa shape index (κ1) is 19.4. The highest BCUT2D eigenvalue weighted by Crippen LogP contribution is 2.14. The zero-order chi connectivity index (χ0) is 16.1. The molecule has 9 heteroatoms. The topological polar surface area (TPSA) is 93.3 Å². The molecule has 0 bridgehead atoms. The van der Waals surface area contributed by atoms with Crippen LogP contribution in [0.25, 0.3) is 0 Å². The summed E-state index contributed by atoms with van der Waals surface area (Å²) >= 11 is 0. The Labute approximate surface area is 141 Å². The maximum Gasteiger partial charge on any atom is 0.381 e. The fraction of sp³-hybridized carbons (Fsp3) is 0.714. The second-order valence-corrected chi connectivity index (χ2v) is 5.58. The largest absolute Gasteiger partial charge is 0.381 e. The van der Waals surface area contributed by atoms with Crippen molar-refractivity contribution in [3.05, 3.63) is 22.1 Å². The number of nitrogens with zero attached hydrogens (tertiary/aromatic N) is 4. The third kappa shape index (κ3) is 4.90. The van der Waals surface area contributed by atoms with E-state index in [0.29, 0.717) is 18.8 Å². The Kier molecular flexibility index (Phi) is 7.44. The Morgan fingerprint density at radius 1 is 1.61 bits per heavy atom. The van der Waals surface area contributed by atoms with E-state index in [1.54, 1.807) is 11.5 Å². The monoisotopic (exact) mass is 345 g/mol. The van der Waals surface area contributed by atoms with Crippen LogP contribution in [0.15, 0.2) is 6.20 Å². The number of aromatic nitrogens is 2. The summed E-state index contributed by atoms with van der Waals surface area (Å²) in [6.07, 6.45) is 3.65. The molecule has 23 heavy (non-hydrogen) atoms. The van der Waals surface area contributed by atoms with Crippen molar-refractivity contribution in [3.63, 3.8) is 0 Å². The Morgan fingerprint density at radius 3 is 2.87 bits per heavy atom. The molecular weight excluding hydrogens is 322 g/mol. The summed E-state index contributed by atoms with van der Waals surface area (Å²) < 4.78 is 1.67. The van der Waals surface area contributed by atoms with Crippen molar-refractivity contribution in [1.82, 2.24) is 19.8 Å². The number of halogens is 1. The molecule has 130 valence electrons. The Morgan fingerprint density at radius 2 is 2.35 bits per heavy atom. The summed E-state index contributed by atoms with van der Waals surface area (Å²) in [5.41, 5.74) is 0. The summed E-state index contributed by atoms with van der Waals surface area (Å²) in [5.74, 6) is 0.491. The van der Waals surface area contributed by atoms with Crippen LogP contribution in [0.4, 0.5) is 5.82 Å². The molecule has 0 aromatic carbocycles. The van der Waals surface area contributed by atoms with Gasteiger partial charge in [0.1, 0.15) is 6.20 Å². The molecule has 0 aliphatic carbocycles. The van der Waals surface area contributed by atoms with E-state index in [1.807, 2.05) is 4.90 Å². The molecule has 8 nitrogen and oxygen atoms in total. The molecule has 0 spiro atoms. The Balaban J connectivity index is 0.00000264. The standard InChI is InChI=1S/C14H23N5O3.ClH/c1-3-7-18(12-4-6-15-9-12)14(20)5-8-17-10-13(19(21)22)16-11(17)2;/h10,12,15H,3-9H2,1-2H3;1H. The molecule has 1 aromatic heterocycles. The van der Waals surface area contributed by atoms with Crippen LogP contribution in [-0.4, -0.2) is 51.0 Å². The van der Waals surface area contributed by atoms with Crippen LogP contribution in [0.2, 0.25) is 0 Å². The van der Waals surface area contributed by atoms with E-state index in [-0.39, 0.29) is 30.2 Å². The van der Waals surface area contributed by atoms with Crippen molar-refractivity contribution < 1.29 is 9.72 Å². The molecule has 1 aliphatic heterocycles. The molecule has 1 atom stereocenters. The third-order valence-corrected chi connectivity index (χ3v) is 3.98. The molecule has 1 aliphatic rings. The van der Waals surface area contributed by atoms with Gasteiger partial charge in [-0.15, -0.1) is 12.4 Å². The maximum absolute atomic E-state index is 12.5. The van der Waals surface area contributed by atoms with E-state index in [9.17, 15) is 14.9 Å². The van der Waals surface area contributed by atoms with Gasteiger partial charge in [-0.05, 0) is 29.3 Å². The number of nitro groups is 1. The van der Waals surface area contributed by atoms with Crippen molar-refractivity contribution in [2.75, 3.05) is 19.6 Å². The molecule has 0 radical (unpaired) electrons. The van der Waals surface area contributed by atoms with Gasteiger partial charge in [0.05, 0.1) is 0 Å². The Bertz CT molecular complexity index is 543. The number of carbonyl (C=O) groups is 1. The van der Waals surface area contributed by atoms with Gasteiger partial charge in [-0.25, -0.2) is 0 Å². The molecule has 1 N–H and O–H groups in total. The predicted octanol–water partition coefficient (Wildman–Crippen LogP) is 1.51. The van der Waals surface area contributed by atoms with E-state index in [2.05, 4.69) is 17.2 Å². The van der Waals surface area contributed by atoms with Gasteiger partial charge in [0.2, 0.25) is 11.7 Å². The number of amides is 1.